The highest BCUT2D eigenvalue weighted by atomic mass is 35.5. The molecule has 1 N–H and O–H groups in total. The Balaban J connectivity index is 0.00000110. The Hall–Kier alpha value is -2.29. The number of hydrogen-bond donors (Lipinski definition) is 1. The minimum Gasteiger partial charge on any atom is -0.325 e. The maximum atomic E-state index is 11.5. The van der Waals surface area contributed by atoms with Crippen molar-refractivity contribution >= 4 is 30.5 Å². The quantitative estimate of drug-likeness (QED) is 0.748. The van der Waals surface area contributed by atoms with Gasteiger partial charge in [0.15, 0.2) is 0 Å². The smallest absolute Gasteiger partial charge is 0.266 e. The van der Waals surface area contributed by atoms with Crippen molar-refractivity contribution in [3.05, 3.63) is 58.4 Å². The van der Waals surface area contributed by atoms with Gasteiger partial charge in [-0.1, -0.05) is 0 Å². The molecule has 0 aliphatic carbocycles. The lowest BCUT2D eigenvalue weighted by atomic mass is 10.0. The van der Waals surface area contributed by atoms with E-state index in [4.69, 9.17) is 5.26 Å². The van der Waals surface area contributed by atoms with Crippen molar-refractivity contribution in [2.24, 2.45) is 0 Å². The molecule has 3 aromatic heterocycles. The molecule has 0 bridgehead atoms. The molecule has 7 heteroatoms. The zero-order chi connectivity index (χ0) is 13.4. The average Bonchev–Trinajstić information content (AvgIpc) is 2.86. The monoisotopic (exact) mass is 322 g/mol. The number of pyridine rings is 2. The van der Waals surface area contributed by atoms with Crippen LogP contribution in [0.5, 0.6) is 0 Å². The fraction of sp³-hybridized carbons (Fsp3) is 0.0714. The van der Waals surface area contributed by atoms with E-state index in [9.17, 15) is 4.79 Å². The molecule has 0 amide bonds. The lowest BCUT2D eigenvalue weighted by Gasteiger charge is -2.07. The van der Waals surface area contributed by atoms with E-state index in [2.05, 4.69) is 9.97 Å². The molecule has 0 aromatic carbocycles. The van der Waals surface area contributed by atoms with Crippen LogP contribution in [0.3, 0.4) is 0 Å². The van der Waals surface area contributed by atoms with Gasteiger partial charge in [0.1, 0.15) is 17.3 Å². The third kappa shape index (κ3) is 2.92. The molecule has 3 heterocycles. The van der Waals surface area contributed by atoms with Crippen molar-refractivity contribution in [1.82, 2.24) is 14.4 Å². The first-order chi connectivity index (χ1) is 9.19. The number of imidazole rings is 1. The zero-order valence-electron chi connectivity index (χ0n) is 11.0. The van der Waals surface area contributed by atoms with Crippen LogP contribution in [0.4, 0.5) is 0 Å². The summed E-state index contributed by atoms with van der Waals surface area (Å²) in [5.74, 6) is 0. The topological polar surface area (TPSA) is 73.9 Å². The van der Waals surface area contributed by atoms with Gasteiger partial charge >= 0.3 is 0 Å². The van der Waals surface area contributed by atoms with Gasteiger partial charge in [-0.3, -0.25) is 4.79 Å². The van der Waals surface area contributed by atoms with E-state index in [1.165, 1.54) is 0 Å². The Bertz CT molecular complexity index is 877. The third-order valence-electron chi connectivity index (χ3n) is 3.06. The van der Waals surface area contributed by atoms with Crippen molar-refractivity contribution in [2.75, 3.05) is 0 Å². The first-order valence-electron chi connectivity index (χ1n) is 5.76. The van der Waals surface area contributed by atoms with Gasteiger partial charge in [0.2, 0.25) is 0 Å². The summed E-state index contributed by atoms with van der Waals surface area (Å²) in [6, 6.07) is 7.33. The number of aromatic nitrogens is 3. The Morgan fingerprint density at radius 2 is 2.10 bits per heavy atom. The summed E-state index contributed by atoms with van der Waals surface area (Å²) in [7, 11) is 0. The Morgan fingerprint density at radius 1 is 1.33 bits per heavy atom. The molecule has 0 radical (unpaired) electrons. The summed E-state index contributed by atoms with van der Waals surface area (Å²) in [5, 5.41) is 8.93. The van der Waals surface area contributed by atoms with Gasteiger partial charge in [0.05, 0.1) is 0 Å². The Kier molecular flexibility index (Phi) is 5.14. The lowest BCUT2D eigenvalue weighted by Crippen LogP contribution is -2.12. The summed E-state index contributed by atoms with van der Waals surface area (Å²) in [4.78, 5) is 18.4. The van der Waals surface area contributed by atoms with Crippen molar-refractivity contribution in [1.29, 1.82) is 5.26 Å². The number of halogens is 2. The second kappa shape index (κ2) is 6.44. The molecule has 0 saturated carbocycles. The standard InChI is InChI=1S/C14H10N4O.2ClH/c1-9-12(6-11(7-15)14(19)17-9)10-2-3-13-16-4-5-18(13)8-10;;/h2-6,8H,1H3,(H,17,19);2*1H. The molecule has 108 valence electrons. The van der Waals surface area contributed by atoms with E-state index >= 15 is 0 Å². The number of aromatic amines is 1. The Morgan fingerprint density at radius 3 is 2.81 bits per heavy atom. The molecule has 0 fully saturated rings. The number of fused-ring (bicyclic) bond motifs is 1. The van der Waals surface area contributed by atoms with Gasteiger partial charge in [0, 0.05) is 35.4 Å². The van der Waals surface area contributed by atoms with E-state index in [0.717, 1.165) is 22.5 Å². The average molecular weight is 323 g/mol. The summed E-state index contributed by atoms with van der Waals surface area (Å²) in [6.07, 6.45) is 5.49. The number of rotatable bonds is 1. The van der Waals surface area contributed by atoms with Gasteiger partial charge in [-0.05, 0) is 25.1 Å². The van der Waals surface area contributed by atoms with Gasteiger partial charge in [-0.15, -0.1) is 24.8 Å². The van der Waals surface area contributed by atoms with Crippen LogP contribution in [-0.4, -0.2) is 14.4 Å². The molecule has 3 aromatic rings. The SMILES string of the molecule is Cc1[nH]c(=O)c(C#N)cc1-c1ccc2nccn2c1.Cl.Cl. The molecule has 0 aliphatic heterocycles. The maximum Gasteiger partial charge on any atom is 0.266 e. The Labute approximate surface area is 133 Å². The molecular formula is C14H12Cl2N4O. The number of H-pyrrole nitrogens is 1. The van der Waals surface area contributed by atoms with E-state index < -0.39 is 0 Å². The number of hydrogen-bond acceptors (Lipinski definition) is 3. The first-order valence-corrected chi connectivity index (χ1v) is 5.76. The molecule has 0 saturated heterocycles. The molecule has 0 aliphatic rings. The van der Waals surface area contributed by atoms with Crippen LogP contribution in [-0.2, 0) is 0 Å². The van der Waals surface area contributed by atoms with Crippen LogP contribution in [0.15, 0.2) is 41.6 Å². The largest absolute Gasteiger partial charge is 0.325 e. The molecule has 3 rings (SSSR count). The van der Waals surface area contributed by atoms with Crippen LogP contribution >= 0.6 is 24.8 Å². The zero-order valence-corrected chi connectivity index (χ0v) is 12.7. The number of nitriles is 1. The number of aryl methyl sites for hydroxylation is 1. The van der Waals surface area contributed by atoms with Crippen LogP contribution < -0.4 is 5.56 Å². The van der Waals surface area contributed by atoms with E-state index in [0.29, 0.717) is 0 Å². The highest BCUT2D eigenvalue weighted by Gasteiger charge is 2.08. The number of nitrogens with one attached hydrogen (secondary N) is 1. The van der Waals surface area contributed by atoms with E-state index in [1.54, 1.807) is 12.3 Å². The van der Waals surface area contributed by atoms with Gasteiger partial charge < -0.3 is 9.38 Å². The van der Waals surface area contributed by atoms with Crippen LogP contribution in [0.2, 0.25) is 0 Å². The minimum atomic E-state index is -0.354. The molecule has 0 unspecified atom stereocenters. The molecule has 5 nitrogen and oxygen atoms in total. The number of nitrogens with zero attached hydrogens (tertiary/aromatic N) is 3. The highest BCUT2D eigenvalue weighted by Crippen LogP contribution is 2.22. The van der Waals surface area contributed by atoms with Crippen molar-refractivity contribution in [3.8, 4) is 17.2 Å². The van der Waals surface area contributed by atoms with E-state index in [1.807, 2.05) is 41.9 Å². The van der Waals surface area contributed by atoms with Gasteiger partial charge in [-0.25, -0.2) is 4.98 Å². The fourth-order valence-corrected chi connectivity index (χ4v) is 2.09. The molecular weight excluding hydrogens is 311 g/mol. The molecule has 0 spiro atoms. The van der Waals surface area contributed by atoms with Crippen LogP contribution in [0.25, 0.3) is 16.8 Å². The van der Waals surface area contributed by atoms with Crippen molar-refractivity contribution in [3.63, 3.8) is 0 Å². The normalized spacial score (nSPS) is 9.52. The summed E-state index contributed by atoms with van der Waals surface area (Å²) in [5.41, 5.74) is 3.12. The second-order valence-electron chi connectivity index (χ2n) is 4.27. The maximum absolute atomic E-state index is 11.5. The van der Waals surface area contributed by atoms with E-state index in [-0.39, 0.29) is 35.9 Å². The van der Waals surface area contributed by atoms with Crippen LogP contribution in [0.1, 0.15) is 11.3 Å². The summed E-state index contributed by atoms with van der Waals surface area (Å²) < 4.78 is 1.89. The first kappa shape index (κ1) is 16.8. The summed E-state index contributed by atoms with van der Waals surface area (Å²) in [6.45, 7) is 1.82. The second-order valence-corrected chi connectivity index (χ2v) is 4.27. The van der Waals surface area contributed by atoms with Crippen molar-refractivity contribution < 1.29 is 0 Å². The molecule has 21 heavy (non-hydrogen) atoms. The fourth-order valence-electron chi connectivity index (χ4n) is 2.09. The predicted molar refractivity (Wildman–Crippen MR) is 85.2 cm³/mol. The summed E-state index contributed by atoms with van der Waals surface area (Å²) >= 11 is 0. The van der Waals surface area contributed by atoms with Gasteiger partial charge in [0.25, 0.3) is 5.56 Å². The lowest BCUT2D eigenvalue weighted by molar-refractivity contribution is 1.12. The van der Waals surface area contributed by atoms with Gasteiger partial charge in [-0.2, -0.15) is 5.26 Å². The van der Waals surface area contributed by atoms with Crippen molar-refractivity contribution in [2.45, 2.75) is 6.92 Å². The highest BCUT2D eigenvalue weighted by molar-refractivity contribution is 5.85. The van der Waals surface area contributed by atoms with Crippen LogP contribution in [0, 0.1) is 18.3 Å². The molecule has 0 atom stereocenters. The minimum absolute atomic E-state index is 0. The predicted octanol–water partition coefficient (Wildman–Crippen LogP) is 2.71. The third-order valence-corrected chi connectivity index (χ3v) is 3.06.